The van der Waals surface area contributed by atoms with Crippen molar-refractivity contribution in [3.63, 3.8) is 0 Å². The van der Waals surface area contributed by atoms with E-state index in [4.69, 9.17) is 11.6 Å². The average molecular weight is 371 g/mol. The Labute approximate surface area is 154 Å². The van der Waals surface area contributed by atoms with Crippen LogP contribution in [-0.2, 0) is 0 Å². The summed E-state index contributed by atoms with van der Waals surface area (Å²) < 4.78 is 1.54. The minimum Gasteiger partial charge on any atom is -0.293 e. The number of nitrogens with zero attached hydrogens (tertiary/aromatic N) is 2. The van der Waals surface area contributed by atoms with Gasteiger partial charge >= 0.3 is 0 Å². The van der Waals surface area contributed by atoms with E-state index in [0.29, 0.717) is 15.6 Å². The van der Waals surface area contributed by atoms with Crippen LogP contribution in [0.5, 0.6) is 0 Å². The Balaban J connectivity index is 1.80. The molecule has 2 aromatic carbocycles. The molecule has 6 heteroatoms. The summed E-state index contributed by atoms with van der Waals surface area (Å²) >= 11 is 6.97. The number of carbonyl (C=O) groups excluding carboxylic acids is 1. The van der Waals surface area contributed by atoms with Crippen molar-refractivity contribution in [2.24, 2.45) is 0 Å². The lowest BCUT2D eigenvalue weighted by Crippen LogP contribution is -2.21. The van der Waals surface area contributed by atoms with Crippen LogP contribution in [-0.4, -0.2) is 21.1 Å². The Hall–Kier alpha value is -2.37. The molecule has 25 heavy (non-hydrogen) atoms. The molecule has 0 aliphatic rings. The molecular formula is C19H15ClN2O2S. The number of aromatic nitrogens is 2. The fourth-order valence-electron chi connectivity index (χ4n) is 2.33. The van der Waals surface area contributed by atoms with Crippen LogP contribution in [0.25, 0.3) is 5.69 Å². The maximum atomic E-state index is 12.6. The maximum Gasteiger partial charge on any atom is 0.287 e. The van der Waals surface area contributed by atoms with Gasteiger partial charge in [-0.2, -0.15) is 0 Å². The molecule has 0 atom stereocenters. The average Bonchev–Trinajstić information content (AvgIpc) is 2.61. The zero-order chi connectivity index (χ0) is 17.8. The lowest BCUT2D eigenvalue weighted by Gasteiger charge is -2.08. The third-order valence-electron chi connectivity index (χ3n) is 3.60. The molecule has 0 unspecified atom stereocenters. The van der Waals surface area contributed by atoms with Gasteiger partial charge in [0.1, 0.15) is 0 Å². The molecule has 1 heterocycles. The van der Waals surface area contributed by atoms with Gasteiger partial charge in [0.15, 0.2) is 10.8 Å². The van der Waals surface area contributed by atoms with E-state index in [-0.39, 0.29) is 17.1 Å². The van der Waals surface area contributed by atoms with Gasteiger partial charge in [-0.15, -0.1) is 0 Å². The Morgan fingerprint density at radius 2 is 1.96 bits per heavy atom. The van der Waals surface area contributed by atoms with Crippen molar-refractivity contribution >= 4 is 29.1 Å². The zero-order valence-corrected chi connectivity index (χ0v) is 15.1. The zero-order valence-electron chi connectivity index (χ0n) is 13.5. The van der Waals surface area contributed by atoms with E-state index in [2.05, 4.69) is 4.98 Å². The van der Waals surface area contributed by atoms with Crippen LogP contribution in [0.15, 0.2) is 70.7 Å². The van der Waals surface area contributed by atoms with Gasteiger partial charge in [0.25, 0.3) is 5.56 Å². The number of carbonyl (C=O) groups is 1. The molecule has 4 nitrogen and oxygen atoms in total. The lowest BCUT2D eigenvalue weighted by atomic mass is 10.1. The van der Waals surface area contributed by atoms with E-state index < -0.39 is 0 Å². The molecule has 3 aromatic rings. The number of hydrogen-bond acceptors (Lipinski definition) is 4. The molecular weight excluding hydrogens is 356 g/mol. The highest BCUT2D eigenvalue weighted by atomic mass is 35.5. The summed E-state index contributed by atoms with van der Waals surface area (Å²) in [6, 6.07) is 14.3. The molecule has 0 saturated heterocycles. The molecule has 0 saturated carbocycles. The van der Waals surface area contributed by atoms with Gasteiger partial charge in [-0.3, -0.25) is 14.2 Å². The number of rotatable bonds is 5. The monoisotopic (exact) mass is 370 g/mol. The topological polar surface area (TPSA) is 52.0 Å². The lowest BCUT2D eigenvalue weighted by molar-refractivity contribution is 0.102. The summed E-state index contributed by atoms with van der Waals surface area (Å²) in [6.07, 6.45) is 3.20. The standard InChI is InChI=1S/C19H15ClN2O2S/c1-13-3-2-4-16(11-13)22-10-9-21-18(19(22)24)25-12-17(23)14-5-7-15(20)8-6-14/h2-11H,12H2,1H3. The number of Topliss-reactive ketones (excluding diaryl/α,β-unsaturated/α-hetero) is 1. The van der Waals surface area contributed by atoms with E-state index in [1.807, 2.05) is 31.2 Å². The molecule has 0 N–H and O–H groups in total. The first-order chi connectivity index (χ1) is 12.0. The molecule has 0 bridgehead atoms. The van der Waals surface area contributed by atoms with Gasteiger partial charge in [0.2, 0.25) is 0 Å². The second kappa shape index (κ2) is 7.68. The molecule has 0 spiro atoms. The SMILES string of the molecule is Cc1cccc(-n2ccnc(SCC(=O)c3ccc(Cl)cc3)c2=O)c1. The van der Waals surface area contributed by atoms with Crippen molar-refractivity contribution < 1.29 is 4.79 Å². The van der Waals surface area contributed by atoms with E-state index >= 15 is 0 Å². The highest BCUT2D eigenvalue weighted by Crippen LogP contribution is 2.16. The molecule has 0 radical (unpaired) electrons. The van der Waals surface area contributed by atoms with Gasteiger partial charge in [-0.05, 0) is 48.9 Å². The minimum atomic E-state index is -0.234. The second-order valence-corrected chi connectivity index (χ2v) is 6.87. The minimum absolute atomic E-state index is 0.0752. The summed E-state index contributed by atoms with van der Waals surface area (Å²) in [5.74, 6) is 0.0654. The predicted octanol–water partition coefficient (Wildman–Crippen LogP) is 4.17. The van der Waals surface area contributed by atoms with Crippen molar-refractivity contribution in [3.8, 4) is 5.69 Å². The number of halogens is 1. The number of thioether (sulfide) groups is 1. The summed E-state index contributed by atoms with van der Waals surface area (Å²) in [5, 5.41) is 0.876. The molecule has 126 valence electrons. The Kier molecular flexibility index (Phi) is 5.36. The Morgan fingerprint density at radius 3 is 2.68 bits per heavy atom. The van der Waals surface area contributed by atoms with E-state index in [9.17, 15) is 9.59 Å². The van der Waals surface area contributed by atoms with Crippen LogP contribution in [0, 0.1) is 6.92 Å². The summed E-state index contributed by atoms with van der Waals surface area (Å²) in [6.45, 7) is 1.97. The van der Waals surface area contributed by atoms with Crippen molar-refractivity contribution in [2.45, 2.75) is 11.9 Å². The van der Waals surface area contributed by atoms with Gasteiger partial charge in [0, 0.05) is 28.7 Å². The van der Waals surface area contributed by atoms with Crippen molar-refractivity contribution in [1.82, 2.24) is 9.55 Å². The van der Waals surface area contributed by atoms with Crippen LogP contribution >= 0.6 is 23.4 Å². The fraction of sp³-hybridized carbons (Fsp3) is 0.105. The second-order valence-electron chi connectivity index (χ2n) is 5.47. The first-order valence-corrected chi connectivity index (χ1v) is 8.97. The van der Waals surface area contributed by atoms with Gasteiger partial charge in [-0.25, -0.2) is 4.98 Å². The number of hydrogen-bond donors (Lipinski definition) is 0. The Bertz CT molecular complexity index is 968. The number of benzene rings is 2. The predicted molar refractivity (Wildman–Crippen MR) is 101 cm³/mol. The molecule has 1 aromatic heterocycles. The highest BCUT2D eigenvalue weighted by molar-refractivity contribution is 7.99. The van der Waals surface area contributed by atoms with Crippen LogP contribution in [0.3, 0.4) is 0 Å². The third-order valence-corrected chi connectivity index (χ3v) is 4.81. The fourth-order valence-corrected chi connectivity index (χ4v) is 3.24. The molecule has 0 aliphatic heterocycles. The summed E-state index contributed by atoms with van der Waals surface area (Å²) in [5.41, 5.74) is 2.17. The molecule has 0 amide bonds. The quantitative estimate of drug-likeness (QED) is 0.499. The van der Waals surface area contributed by atoms with E-state index in [0.717, 1.165) is 23.0 Å². The van der Waals surface area contributed by atoms with E-state index in [1.165, 1.54) is 4.57 Å². The first-order valence-electron chi connectivity index (χ1n) is 7.61. The molecule has 0 fully saturated rings. The van der Waals surface area contributed by atoms with Crippen molar-refractivity contribution in [3.05, 3.63) is 87.4 Å². The number of ketones is 1. The molecule has 0 aliphatic carbocycles. The largest absolute Gasteiger partial charge is 0.293 e. The van der Waals surface area contributed by atoms with Gasteiger partial charge in [-0.1, -0.05) is 35.5 Å². The first kappa shape index (κ1) is 17.5. The summed E-state index contributed by atoms with van der Waals surface area (Å²) in [4.78, 5) is 29.0. The van der Waals surface area contributed by atoms with Crippen LogP contribution < -0.4 is 5.56 Å². The maximum absolute atomic E-state index is 12.6. The van der Waals surface area contributed by atoms with Crippen LogP contribution in [0.1, 0.15) is 15.9 Å². The van der Waals surface area contributed by atoms with Crippen molar-refractivity contribution in [1.29, 1.82) is 0 Å². The molecule has 3 rings (SSSR count). The van der Waals surface area contributed by atoms with Crippen molar-refractivity contribution in [2.75, 3.05) is 5.75 Å². The van der Waals surface area contributed by atoms with E-state index in [1.54, 1.807) is 36.7 Å². The summed E-state index contributed by atoms with van der Waals surface area (Å²) in [7, 11) is 0. The third kappa shape index (κ3) is 4.18. The Morgan fingerprint density at radius 1 is 1.20 bits per heavy atom. The number of aryl methyl sites for hydroxylation is 1. The van der Waals surface area contributed by atoms with Gasteiger partial charge < -0.3 is 0 Å². The highest BCUT2D eigenvalue weighted by Gasteiger charge is 2.11. The van der Waals surface area contributed by atoms with Crippen LogP contribution in [0.4, 0.5) is 0 Å². The normalized spacial score (nSPS) is 10.6. The van der Waals surface area contributed by atoms with Crippen LogP contribution in [0.2, 0.25) is 5.02 Å². The van der Waals surface area contributed by atoms with Gasteiger partial charge in [0.05, 0.1) is 5.75 Å². The smallest absolute Gasteiger partial charge is 0.287 e.